The summed E-state index contributed by atoms with van der Waals surface area (Å²) in [6.45, 7) is 2.56. The van der Waals surface area contributed by atoms with Gasteiger partial charge < -0.3 is 15.1 Å². The van der Waals surface area contributed by atoms with Gasteiger partial charge in [0.25, 0.3) is 0 Å². The van der Waals surface area contributed by atoms with Crippen LogP contribution in [0, 0.1) is 5.92 Å². The van der Waals surface area contributed by atoms with Gasteiger partial charge in [0.15, 0.2) is 5.78 Å². The maximum absolute atomic E-state index is 12.9. The molecule has 1 unspecified atom stereocenters. The van der Waals surface area contributed by atoms with Crippen molar-refractivity contribution in [2.45, 2.75) is 13.3 Å². The molecule has 132 valence electrons. The van der Waals surface area contributed by atoms with E-state index in [1.54, 1.807) is 0 Å². The van der Waals surface area contributed by atoms with Crippen LogP contribution < -0.4 is 15.1 Å². The van der Waals surface area contributed by atoms with Crippen molar-refractivity contribution in [3.8, 4) is 0 Å². The zero-order chi connectivity index (χ0) is 18.3. The summed E-state index contributed by atoms with van der Waals surface area (Å²) in [6.07, 6.45) is 0.0717. The van der Waals surface area contributed by atoms with Crippen LogP contribution in [0.25, 0.3) is 0 Å². The summed E-state index contributed by atoms with van der Waals surface area (Å²) < 4.78 is 0. The first-order valence-corrected chi connectivity index (χ1v) is 8.79. The van der Waals surface area contributed by atoms with Crippen molar-refractivity contribution < 1.29 is 9.59 Å². The molecule has 1 amide bonds. The van der Waals surface area contributed by atoms with Gasteiger partial charge in [-0.05, 0) is 24.3 Å². The van der Waals surface area contributed by atoms with Crippen LogP contribution in [0.4, 0.5) is 17.1 Å². The summed E-state index contributed by atoms with van der Waals surface area (Å²) in [5, 5.41) is 2.88. The van der Waals surface area contributed by atoms with Crippen molar-refractivity contribution in [2.24, 2.45) is 5.92 Å². The SMILES string of the molecule is CC1CN2C(=C(CC(=O)Nc3ccccc3)C1=O)N(C)c1ccccc12. The molecule has 2 aliphatic rings. The van der Waals surface area contributed by atoms with E-state index in [1.807, 2.05) is 67.4 Å². The second kappa shape index (κ2) is 6.33. The Morgan fingerprint density at radius 3 is 2.46 bits per heavy atom. The highest BCUT2D eigenvalue weighted by molar-refractivity contribution is 6.08. The summed E-state index contributed by atoms with van der Waals surface area (Å²) in [4.78, 5) is 29.6. The first-order chi connectivity index (χ1) is 12.6. The molecule has 26 heavy (non-hydrogen) atoms. The number of hydrogen-bond acceptors (Lipinski definition) is 4. The third-order valence-electron chi connectivity index (χ3n) is 4.97. The molecule has 2 aromatic rings. The van der Waals surface area contributed by atoms with Gasteiger partial charge in [-0.25, -0.2) is 0 Å². The number of ketones is 1. The Kier molecular flexibility index (Phi) is 3.99. The minimum atomic E-state index is -0.176. The minimum Gasteiger partial charge on any atom is -0.329 e. The smallest absolute Gasteiger partial charge is 0.229 e. The fraction of sp³-hybridized carbons (Fsp3) is 0.238. The summed E-state index contributed by atoms with van der Waals surface area (Å²) in [5.74, 6) is 0.569. The molecule has 2 aliphatic heterocycles. The van der Waals surface area contributed by atoms with Gasteiger partial charge in [-0.1, -0.05) is 37.3 Å². The Bertz CT molecular complexity index is 904. The minimum absolute atomic E-state index is 0.0547. The van der Waals surface area contributed by atoms with Crippen LogP contribution >= 0.6 is 0 Å². The van der Waals surface area contributed by atoms with Gasteiger partial charge >= 0.3 is 0 Å². The molecule has 2 heterocycles. The topological polar surface area (TPSA) is 52.7 Å². The van der Waals surface area contributed by atoms with E-state index < -0.39 is 0 Å². The predicted octanol–water partition coefficient (Wildman–Crippen LogP) is 3.40. The first kappa shape index (κ1) is 16.4. The lowest BCUT2D eigenvalue weighted by Gasteiger charge is -2.33. The number of anilines is 3. The maximum atomic E-state index is 12.9. The highest BCUT2D eigenvalue weighted by Crippen LogP contribution is 2.44. The first-order valence-electron chi connectivity index (χ1n) is 8.79. The number of hydrogen-bond donors (Lipinski definition) is 1. The van der Waals surface area contributed by atoms with Crippen molar-refractivity contribution in [3.05, 3.63) is 66.0 Å². The number of carbonyl (C=O) groups is 2. The number of para-hydroxylation sites is 3. The van der Waals surface area contributed by atoms with Crippen LogP contribution in [0.1, 0.15) is 13.3 Å². The molecule has 4 rings (SSSR count). The van der Waals surface area contributed by atoms with Crippen LogP contribution in [0.5, 0.6) is 0 Å². The lowest BCUT2D eigenvalue weighted by atomic mass is 9.92. The van der Waals surface area contributed by atoms with Crippen molar-refractivity contribution >= 4 is 28.8 Å². The predicted molar refractivity (Wildman–Crippen MR) is 103 cm³/mol. The van der Waals surface area contributed by atoms with E-state index in [4.69, 9.17) is 0 Å². The molecule has 0 fully saturated rings. The fourth-order valence-electron chi connectivity index (χ4n) is 3.75. The number of carbonyl (C=O) groups excluding carboxylic acids is 2. The molecule has 0 spiro atoms. The normalized spacial score (nSPS) is 18.7. The van der Waals surface area contributed by atoms with E-state index in [0.29, 0.717) is 12.1 Å². The monoisotopic (exact) mass is 347 g/mol. The Morgan fingerprint density at radius 1 is 1.08 bits per heavy atom. The van der Waals surface area contributed by atoms with E-state index in [-0.39, 0.29) is 24.0 Å². The van der Waals surface area contributed by atoms with Crippen molar-refractivity contribution in [1.82, 2.24) is 0 Å². The Morgan fingerprint density at radius 2 is 1.73 bits per heavy atom. The van der Waals surface area contributed by atoms with Crippen LogP contribution in [-0.4, -0.2) is 25.3 Å². The Hall–Kier alpha value is -3.08. The van der Waals surface area contributed by atoms with Gasteiger partial charge in [0.2, 0.25) is 5.91 Å². The standard InChI is InChI=1S/C21H21N3O2/c1-14-13-24-18-11-7-6-10-17(18)23(2)21(24)16(20(14)26)12-19(25)22-15-8-4-3-5-9-15/h3-11,14H,12-13H2,1-2H3,(H,22,25). The van der Waals surface area contributed by atoms with Gasteiger partial charge in [0.05, 0.1) is 17.8 Å². The van der Waals surface area contributed by atoms with Gasteiger partial charge in [0, 0.05) is 30.8 Å². The molecule has 5 nitrogen and oxygen atoms in total. The lowest BCUT2D eigenvalue weighted by Crippen LogP contribution is -2.41. The zero-order valence-electron chi connectivity index (χ0n) is 14.9. The molecule has 2 aromatic carbocycles. The van der Waals surface area contributed by atoms with Crippen LogP contribution in [0.2, 0.25) is 0 Å². The number of rotatable bonds is 3. The van der Waals surface area contributed by atoms with E-state index in [2.05, 4.69) is 16.3 Å². The number of fused-ring (bicyclic) bond motifs is 3. The molecule has 1 N–H and O–H groups in total. The molecule has 0 aromatic heterocycles. The van der Waals surface area contributed by atoms with Gasteiger partial charge in [-0.3, -0.25) is 9.59 Å². The number of nitrogens with one attached hydrogen (secondary N) is 1. The fourth-order valence-corrected chi connectivity index (χ4v) is 3.75. The number of nitrogens with zero attached hydrogens (tertiary/aromatic N) is 2. The third kappa shape index (κ3) is 2.65. The molecule has 1 atom stereocenters. The van der Waals surface area contributed by atoms with Crippen molar-refractivity contribution in [3.63, 3.8) is 0 Å². The van der Waals surface area contributed by atoms with Crippen molar-refractivity contribution in [2.75, 3.05) is 28.7 Å². The average Bonchev–Trinajstić information content (AvgIpc) is 2.92. The van der Waals surface area contributed by atoms with Gasteiger partial charge in [-0.15, -0.1) is 0 Å². The second-order valence-electron chi connectivity index (χ2n) is 6.82. The quantitative estimate of drug-likeness (QED) is 0.925. The molecular formula is C21H21N3O2. The summed E-state index contributed by atoms with van der Waals surface area (Å²) in [7, 11) is 1.95. The molecule has 5 heteroatoms. The Labute approximate surface area is 152 Å². The largest absolute Gasteiger partial charge is 0.329 e. The van der Waals surface area contributed by atoms with E-state index in [1.165, 1.54) is 0 Å². The Balaban J connectivity index is 1.68. The van der Waals surface area contributed by atoms with Crippen LogP contribution in [0.3, 0.4) is 0 Å². The summed E-state index contributed by atoms with van der Waals surface area (Å²) in [5.41, 5.74) is 3.46. The molecule has 0 bridgehead atoms. The van der Waals surface area contributed by atoms with Crippen molar-refractivity contribution in [1.29, 1.82) is 0 Å². The second-order valence-corrected chi connectivity index (χ2v) is 6.82. The maximum Gasteiger partial charge on any atom is 0.229 e. The number of amides is 1. The number of Topliss-reactive ketones (excluding diaryl/α,β-unsaturated/α-hetero) is 1. The zero-order valence-corrected chi connectivity index (χ0v) is 14.9. The average molecular weight is 347 g/mol. The van der Waals surface area contributed by atoms with E-state index >= 15 is 0 Å². The molecule has 0 radical (unpaired) electrons. The third-order valence-corrected chi connectivity index (χ3v) is 4.97. The van der Waals surface area contributed by atoms with Crippen LogP contribution in [0.15, 0.2) is 66.0 Å². The number of benzene rings is 2. The molecule has 0 saturated carbocycles. The van der Waals surface area contributed by atoms with Gasteiger partial charge in [0.1, 0.15) is 5.82 Å². The highest BCUT2D eigenvalue weighted by atomic mass is 16.2. The van der Waals surface area contributed by atoms with E-state index in [0.717, 1.165) is 22.9 Å². The molecule has 0 aliphatic carbocycles. The molecular weight excluding hydrogens is 326 g/mol. The summed E-state index contributed by atoms with van der Waals surface area (Å²) >= 11 is 0. The van der Waals surface area contributed by atoms with Crippen LogP contribution in [-0.2, 0) is 9.59 Å². The van der Waals surface area contributed by atoms with E-state index in [9.17, 15) is 9.59 Å². The van der Waals surface area contributed by atoms with Gasteiger partial charge in [-0.2, -0.15) is 0 Å². The lowest BCUT2D eigenvalue weighted by molar-refractivity contribution is -0.121. The highest BCUT2D eigenvalue weighted by Gasteiger charge is 2.40. The summed E-state index contributed by atoms with van der Waals surface area (Å²) in [6, 6.07) is 17.4. The molecule has 0 saturated heterocycles.